The molecule has 8 nitrogen and oxygen atoms in total. The highest BCUT2D eigenvalue weighted by Crippen LogP contribution is 2.28. The third kappa shape index (κ3) is 5.76. The first-order valence-corrected chi connectivity index (χ1v) is 11.3. The molecule has 1 unspecified atom stereocenters. The Kier molecular flexibility index (Phi) is 7.48. The molecule has 0 aliphatic carbocycles. The normalized spacial score (nSPS) is 12.7. The number of aryl methyl sites for hydroxylation is 2. The minimum atomic E-state index is -0.563. The van der Waals surface area contributed by atoms with Gasteiger partial charge in [0.25, 0.3) is 5.91 Å². The van der Waals surface area contributed by atoms with E-state index in [4.69, 9.17) is 11.5 Å². The van der Waals surface area contributed by atoms with Crippen molar-refractivity contribution in [2.24, 2.45) is 5.73 Å². The van der Waals surface area contributed by atoms with Crippen LogP contribution in [0.2, 0.25) is 0 Å². The number of benzene rings is 1. The molecule has 3 aromatic rings. The summed E-state index contributed by atoms with van der Waals surface area (Å²) < 4.78 is 1.63. The molecule has 1 atom stereocenters. The van der Waals surface area contributed by atoms with Gasteiger partial charge in [0.2, 0.25) is 0 Å². The first kappa shape index (κ1) is 24.4. The number of ketones is 1. The number of nitrogen functional groups attached to an aromatic ring is 1. The largest absolute Gasteiger partial charge is 0.382 e. The van der Waals surface area contributed by atoms with E-state index in [1.165, 1.54) is 17.5 Å². The molecule has 0 radical (unpaired) electrons. The Balaban J connectivity index is 1.60. The number of hydrogen-bond donors (Lipinski definition) is 3. The maximum Gasteiger partial charge on any atom is 0.251 e. The van der Waals surface area contributed by atoms with Crippen molar-refractivity contribution in [3.05, 3.63) is 59.0 Å². The molecule has 1 amide bonds. The van der Waals surface area contributed by atoms with Crippen molar-refractivity contribution < 1.29 is 9.59 Å². The first-order valence-electron chi connectivity index (χ1n) is 11.3. The van der Waals surface area contributed by atoms with Crippen molar-refractivity contribution in [2.75, 3.05) is 12.8 Å². The van der Waals surface area contributed by atoms with Gasteiger partial charge in [-0.1, -0.05) is 43.7 Å². The maximum absolute atomic E-state index is 12.8. The molecule has 1 aromatic carbocycles. The number of carbonyl (C=O) groups excluding carboxylic acids is 2. The molecule has 2 aromatic heterocycles. The Morgan fingerprint density at radius 1 is 1.18 bits per heavy atom. The van der Waals surface area contributed by atoms with E-state index in [2.05, 4.69) is 60.4 Å². The number of nitrogens with zero attached hydrogens (tertiary/aromatic N) is 3. The van der Waals surface area contributed by atoms with Gasteiger partial charge in [-0.15, -0.1) is 0 Å². The molecule has 8 heteroatoms. The lowest BCUT2D eigenvalue weighted by Crippen LogP contribution is -2.28. The number of hydrogen-bond acceptors (Lipinski definition) is 6. The predicted molar refractivity (Wildman–Crippen MR) is 130 cm³/mol. The van der Waals surface area contributed by atoms with Crippen LogP contribution < -0.4 is 16.8 Å². The molecule has 0 spiro atoms. The molecule has 33 heavy (non-hydrogen) atoms. The molecule has 2 heterocycles. The molecule has 0 fully saturated rings. The van der Waals surface area contributed by atoms with Crippen LogP contribution in [0, 0.1) is 6.92 Å². The fraction of sp³-hybridized carbons (Fsp3) is 0.440. The molecular weight excluding hydrogens is 416 g/mol. The van der Waals surface area contributed by atoms with Crippen molar-refractivity contribution in [2.45, 2.75) is 64.3 Å². The molecular formula is C25H34N6O2. The van der Waals surface area contributed by atoms with Gasteiger partial charge in [-0.05, 0) is 50.3 Å². The molecule has 0 bridgehead atoms. The van der Waals surface area contributed by atoms with Crippen LogP contribution >= 0.6 is 0 Å². The quantitative estimate of drug-likeness (QED) is 0.412. The van der Waals surface area contributed by atoms with E-state index >= 15 is 0 Å². The Bertz CT molecular complexity index is 1130. The van der Waals surface area contributed by atoms with Crippen LogP contribution in [0.15, 0.2) is 36.7 Å². The van der Waals surface area contributed by atoms with Crippen LogP contribution in [-0.4, -0.2) is 39.4 Å². The Morgan fingerprint density at radius 2 is 1.88 bits per heavy atom. The highest BCUT2D eigenvalue weighted by molar-refractivity contribution is 6.02. The molecule has 0 aliphatic rings. The van der Waals surface area contributed by atoms with Gasteiger partial charge in [0.15, 0.2) is 5.82 Å². The number of carbonyl (C=O) groups is 2. The van der Waals surface area contributed by atoms with Gasteiger partial charge in [-0.2, -0.15) is 5.10 Å². The van der Waals surface area contributed by atoms with E-state index in [-0.39, 0.29) is 23.1 Å². The number of rotatable bonds is 11. The Morgan fingerprint density at radius 3 is 2.52 bits per heavy atom. The summed E-state index contributed by atoms with van der Waals surface area (Å²) >= 11 is 0. The highest BCUT2D eigenvalue weighted by atomic mass is 16.1. The zero-order valence-corrected chi connectivity index (χ0v) is 19.9. The van der Waals surface area contributed by atoms with Gasteiger partial charge in [-0.25, -0.2) is 9.50 Å². The summed E-state index contributed by atoms with van der Waals surface area (Å²) in [5, 5.41) is 7.55. The monoisotopic (exact) mass is 450 g/mol. The van der Waals surface area contributed by atoms with Crippen molar-refractivity contribution >= 4 is 23.0 Å². The first-order chi connectivity index (χ1) is 15.6. The van der Waals surface area contributed by atoms with Crippen LogP contribution in [0.5, 0.6) is 0 Å². The van der Waals surface area contributed by atoms with Gasteiger partial charge >= 0.3 is 0 Å². The van der Waals surface area contributed by atoms with Crippen molar-refractivity contribution in [1.82, 2.24) is 19.9 Å². The second-order valence-electron chi connectivity index (χ2n) is 9.35. The van der Waals surface area contributed by atoms with E-state index in [0.29, 0.717) is 30.3 Å². The van der Waals surface area contributed by atoms with Crippen molar-refractivity contribution in [3.63, 3.8) is 0 Å². The number of aromatic nitrogens is 3. The summed E-state index contributed by atoms with van der Waals surface area (Å²) in [6.45, 7) is 6.30. The summed E-state index contributed by atoms with van der Waals surface area (Å²) in [7, 11) is 1.90. The van der Waals surface area contributed by atoms with E-state index in [1.807, 2.05) is 7.05 Å². The molecule has 0 aliphatic heterocycles. The zero-order valence-electron chi connectivity index (χ0n) is 19.9. The fourth-order valence-corrected chi connectivity index (χ4v) is 4.28. The van der Waals surface area contributed by atoms with Crippen LogP contribution in [0.4, 0.5) is 5.82 Å². The van der Waals surface area contributed by atoms with E-state index in [0.717, 1.165) is 18.5 Å². The summed E-state index contributed by atoms with van der Waals surface area (Å²) in [6, 6.07) is 10.3. The summed E-state index contributed by atoms with van der Waals surface area (Å²) in [4.78, 5) is 28.6. The van der Waals surface area contributed by atoms with Gasteiger partial charge in [0.05, 0.1) is 5.56 Å². The molecule has 5 N–H and O–H groups in total. The molecule has 0 saturated heterocycles. The van der Waals surface area contributed by atoms with E-state index < -0.39 is 5.91 Å². The van der Waals surface area contributed by atoms with Crippen LogP contribution in [0.3, 0.4) is 0 Å². The number of primary amides is 1. The summed E-state index contributed by atoms with van der Waals surface area (Å²) in [5.74, 6) is -0.0882. The maximum atomic E-state index is 12.8. The minimum Gasteiger partial charge on any atom is -0.382 e. The number of nitrogens with two attached hydrogens (primary N) is 2. The van der Waals surface area contributed by atoms with Gasteiger partial charge in [-0.3, -0.25) is 9.59 Å². The van der Waals surface area contributed by atoms with Gasteiger partial charge in [0.1, 0.15) is 17.6 Å². The SMILES string of the molecule is CNC(CCC(=O)CC(C)(C)c1ccc(C)cc1)CCc1cc(C(N)=O)c2c(N)ncnn12. The number of Topliss-reactive ketones (excluding diaryl/α,β-unsaturated/α-hetero) is 1. The number of fused-ring (bicyclic) bond motifs is 1. The minimum absolute atomic E-state index is 0.151. The summed E-state index contributed by atoms with van der Waals surface area (Å²) in [6.07, 6.45) is 4.55. The number of nitrogens with one attached hydrogen (secondary N) is 1. The van der Waals surface area contributed by atoms with Crippen LogP contribution in [0.25, 0.3) is 5.52 Å². The highest BCUT2D eigenvalue weighted by Gasteiger charge is 2.24. The third-order valence-corrected chi connectivity index (χ3v) is 6.32. The Hall–Kier alpha value is -3.26. The predicted octanol–water partition coefficient (Wildman–Crippen LogP) is 2.96. The van der Waals surface area contributed by atoms with Crippen LogP contribution in [-0.2, 0) is 16.6 Å². The molecule has 3 rings (SSSR count). The standard InChI is InChI=1S/C25H34N6O2/c1-16-5-7-17(8-6-16)25(2,3)14-20(32)12-10-18(28-4)9-11-19-13-21(24(27)33)22-23(26)29-15-30-31(19)22/h5-8,13,15,18,28H,9-12,14H2,1-4H3,(H2,27,33)(H2,26,29,30). The van der Waals surface area contributed by atoms with E-state index in [9.17, 15) is 9.59 Å². The number of anilines is 1. The van der Waals surface area contributed by atoms with Crippen molar-refractivity contribution in [1.29, 1.82) is 0 Å². The number of amides is 1. The van der Waals surface area contributed by atoms with Crippen molar-refractivity contribution in [3.8, 4) is 0 Å². The van der Waals surface area contributed by atoms with Gasteiger partial charge < -0.3 is 16.8 Å². The smallest absolute Gasteiger partial charge is 0.251 e. The average molecular weight is 451 g/mol. The van der Waals surface area contributed by atoms with Gasteiger partial charge in [0, 0.05) is 24.6 Å². The lowest BCUT2D eigenvalue weighted by Gasteiger charge is -2.25. The lowest BCUT2D eigenvalue weighted by molar-refractivity contribution is -0.120. The second kappa shape index (κ2) is 10.1. The van der Waals surface area contributed by atoms with Crippen LogP contribution in [0.1, 0.15) is 66.7 Å². The fourth-order valence-electron chi connectivity index (χ4n) is 4.28. The summed E-state index contributed by atoms with van der Waals surface area (Å²) in [5.41, 5.74) is 15.2. The second-order valence-corrected chi connectivity index (χ2v) is 9.35. The zero-order chi connectivity index (χ0) is 24.2. The topological polar surface area (TPSA) is 128 Å². The third-order valence-electron chi connectivity index (χ3n) is 6.32. The lowest BCUT2D eigenvalue weighted by atomic mass is 9.79. The average Bonchev–Trinajstić information content (AvgIpc) is 3.14. The molecule has 176 valence electrons. The van der Waals surface area contributed by atoms with E-state index in [1.54, 1.807) is 10.6 Å². The Labute approximate surface area is 194 Å². The molecule has 0 saturated carbocycles.